The lowest BCUT2D eigenvalue weighted by Gasteiger charge is -2.40. The summed E-state index contributed by atoms with van der Waals surface area (Å²) in [7, 11) is 1.87. The molecule has 0 spiro atoms. The van der Waals surface area contributed by atoms with Gasteiger partial charge in [-0.2, -0.15) is 5.10 Å². The summed E-state index contributed by atoms with van der Waals surface area (Å²) in [5.41, 5.74) is 1.48. The number of ether oxygens (including phenoxy) is 2. The van der Waals surface area contributed by atoms with Gasteiger partial charge in [-0.25, -0.2) is 4.79 Å². The predicted octanol–water partition coefficient (Wildman–Crippen LogP) is 3.99. The van der Waals surface area contributed by atoms with Crippen LogP contribution >= 0.6 is 11.6 Å². The summed E-state index contributed by atoms with van der Waals surface area (Å²) < 4.78 is 13.5. The van der Waals surface area contributed by atoms with E-state index in [9.17, 15) is 4.79 Å². The maximum Gasteiger partial charge on any atom is 0.410 e. The van der Waals surface area contributed by atoms with Crippen molar-refractivity contribution in [1.82, 2.24) is 14.7 Å². The molecule has 0 bridgehead atoms. The molecule has 27 heavy (non-hydrogen) atoms. The molecular formula is C20H26ClN3O3. The summed E-state index contributed by atoms with van der Waals surface area (Å²) >= 11 is 5.98. The van der Waals surface area contributed by atoms with E-state index < -0.39 is 5.60 Å². The molecule has 3 rings (SSSR count). The SMILES string of the molecule is Cn1nccc1[C@H]1CN(C(=O)OC(C)(C)C)[C@@H](Cc2ccc(Cl)cc2)CO1. The van der Waals surface area contributed by atoms with Crippen LogP contribution in [-0.2, 0) is 22.9 Å². The molecule has 2 atom stereocenters. The summed E-state index contributed by atoms with van der Waals surface area (Å²) in [4.78, 5) is 14.7. The quantitative estimate of drug-likeness (QED) is 0.793. The molecule has 1 aliphatic heterocycles. The number of hydrogen-bond donors (Lipinski definition) is 0. The fraction of sp³-hybridized carbons (Fsp3) is 0.500. The van der Waals surface area contributed by atoms with E-state index in [-0.39, 0.29) is 18.2 Å². The molecule has 1 amide bonds. The van der Waals surface area contributed by atoms with E-state index in [1.54, 1.807) is 15.8 Å². The number of aromatic nitrogens is 2. The molecule has 2 aromatic rings. The number of carbonyl (C=O) groups excluding carboxylic acids is 1. The Labute approximate surface area is 165 Å². The van der Waals surface area contributed by atoms with E-state index in [2.05, 4.69) is 5.10 Å². The van der Waals surface area contributed by atoms with Crippen LogP contribution in [0.5, 0.6) is 0 Å². The summed E-state index contributed by atoms with van der Waals surface area (Å²) in [5.74, 6) is 0. The summed E-state index contributed by atoms with van der Waals surface area (Å²) in [6, 6.07) is 9.47. The van der Waals surface area contributed by atoms with Gasteiger partial charge in [-0.3, -0.25) is 9.58 Å². The first-order chi connectivity index (χ1) is 12.7. The topological polar surface area (TPSA) is 56.6 Å². The minimum absolute atomic E-state index is 0.106. The highest BCUT2D eigenvalue weighted by molar-refractivity contribution is 6.30. The van der Waals surface area contributed by atoms with Crippen molar-refractivity contribution in [1.29, 1.82) is 0 Å². The van der Waals surface area contributed by atoms with Crippen LogP contribution in [0.3, 0.4) is 0 Å². The average molecular weight is 392 g/mol. The molecule has 1 fully saturated rings. The standard InChI is InChI=1S/C20H26ClN3O3/c1-20(2,3)27-19(25)24-12-18(17-9-10-22-23(17)4)26-13-16(24)11-14-5-7-15(21)8-6-14/h5-10,16,18H,11-13H2,1-4H3/t16-,18+/m0/s1. The number of hydrogen-bond acceptors (Lipinski definition) is 4. The van der Waals surface area contributed by atoms with Gasteiger partial charge >= 0.3 is 6.09 Å². The molecule has 0 radical (unpaired) electrons. The first-order valence-electron chi connectivity index (χ1n) is 9.06. The van der Waals surface area contributed by atoms with Crippen molar-refractivity contribution in [3.05, 3.63) is 52.8 Å². The number of nitrogens with zero attached hydrogens (tertiary/aromatic N) is 3. The molecule has 0 N–H and O–H groups in total. The predicted molar refractivity (Wildman–Crippen MR) is 104 cm³/mol. The zero-order valence-corrected chi connectivity index (χ0v) is 16.9. The molecule has 0 saturated carbocycles. The van der Waals surface area contributed by atoms with Crippen molar-refractivity contribution in [3.8, 4) is 0 Å². The Kier molecular flexibility index (Phi) is 5.77. The van der Waals surface area contributed by atoms with Crippen LogP contribution in [-0.4, -0.2) is 45.6 Å². The number of amides is 1. The van der Waals surface area contributed by atoms with Crippen LogP contribution in [0.25, 0.3) is 0 Å². The average Bonchev–Trinajstić information content (AvgIpc) is 3.02. The maximum atomic E-state index is 12.9. The van der Waals surface area contributed by atoms with Crippen molar-refractivity contribution in [2.24, 2.45) is 7.05 Å². The van der Waals surface area contributed by atoms with Gasteiger partial charge in [-0.15, -0.1) is 0 Å². The zero-order chi connectivity index (χ0) is 19.6. The van der Waals surface area contributed by atoms with Crippen LogP contribution in [0.1, 0.15) is 38.1 Å². The lowest BCUT2D eigenvalue weighted by atomic mass is 10.0. The normalized spacial score (nSPS) is 20.6. The number of rotatable bonds is 3. The summed E-state index contributed by atoms with van der Waals surface area (Å²) in [6.45, 7) is 6.47. The molecule has 146 valence electrons. The second kappa shape index (κ2) is 7.90. The molecule has 7 heteroatoms. The van der Waals surface area contributed by atoms with Crippen molar-refractivity contribution in [2.75, 3.05) is 13.2 Å². The number of halogens is 1. The number of aryl methyl sites for hydroxylation is 1. The van der Waals surface area contributed by atoms with Gasteiger partial charge in [-0.05, 0) is 51.0 Å². The van der Waals surface area contributed by atoms with E-state index in [0.29, 0.717) is 24.6 Å². The van der Waals surface area contributed by atoms with Crippen molar-refractivity contribution in [3.63, 3.8) is 0 Å². The molecule has 1 saturated heterocycles. The monoisotopic (exact) mass is 391 g/mol. The Hall–Kier alpha value is -2.05. The fourth-order valence-corrected chi connectivity index (χ4v) is 3.31. The Balaban J connectivity index is 1.79. The molecule has 1 aliphatic rings. The zero-order valence-electron chi connectivity index (χ0n) is 16.2. The van der Waals surface area contributed by atoms with E-state index in [0.717, 1.165) is 11.3 Å². The minimum atomic E-state index is -0.553. The third kappa shape index (κ3) is 5.02. The molecule has 2 heterocycles. The molecule has 1 aromatic heterocycles. The Bertz CT molecular complexity index is 783. The second-order valence-corrected chi connectivity index (χ2v) is 8.26. The van der Waals surface area contributed by atoms with Crippen molar-refractivity contribution in [2.45, 2.75) is 44.9 Å². The summed E-state index contributed by atoms with van der Waals surface area (Å²) in [6.07, 6.45) is 1.86. The lowest BCUT2D eigenvalue weighted by Crippen LogP contribution is -2.52. The lowest BCUT2D eigenvalue weighted by molar-refractivity contribution is -0.0734. The van der Waals surface area contributed by atoms with Gasteiger partial charge in [0, 0.05) is 18.3 Å². The minimum Gasteiger partial charge on any atom is -0.444 e. The first kappa shape index (κ1) is 19.7. The molecular weight excluding hydrogens is 366 g/mol. The highest BCUT2D eigenvalue weighted by atomic mass is 35.5. The summed E-state index contributed by atoms with van der Waals surface area (Å²) in [5, 5.41) is 4.90. The fourth-order valence-electron chi connectivity index (χ4n) is 3.18. The van der Waals surface area contributed by atoms with Crippen molar-refractivity contribution >= 4 is 17.7 Å². The third-order valence-corrected chi connectivity index (χ3v) is 4.75. The van der Waals surface area contributed by atoms with E-state index in [1.165, 1.54) is 0 Å². The van der Waals surface area contributed by atoms with E-state index >= 15 is 0 Å². The van der Waals surface area contributed by atoms with Gasteiger partial charge in [0.05, 0.1) is 24.9 Å². The van der Waals surface area contributed by atoms with Gasteiger partial charge in [-0.1, -0.05) is 23.7 Å². The van der Waals surface area contributed by atoms with E-state index in [1.807, 2.05) is 58.2 Å². The second-order valence-electron chi connectivity index (χ2n) is 7.82. The number of benzene rings is 1. The number of morpholine rings is 1. The molecule has 0 aliphatic carbocycles. The van der Waals surface area contributed by atoms with E-state index in [4.69, 9.17) is 21.1 Å². The van der Waals surface area contributed by atoms with Gasteiger partial charge in [0.2, 0.25) is 0 Å². The van der Waals surface area contributed by atoms with Crippen LogP contribution < -0.4 is 0 Å². The Morgan fingerprint density at radius 1 is 1.30 bits per heavy atom. The Morgan fingerprint density at radius 2 is 2.00 bits per heavy atom. The van der Waals surface area contributed by atoms with Gasteiger partial charge in [0.1, 0.15) is 11.7 Å². The van der Waals surface area contributed by atoms with Gasteiger partial charge < -0.3 is 9.47 Å². The Morgan fingerprint density at radius 3 is 2.59 bits per heavy atom. The van der Waals surface area contributed by atoms with Crippen LogP contribution in [0.15, 0.2) is 36.5 Å². The van der Waals surface area contributed by atoms with Crippen LogP contribution in [0, 0.1) is 0 Å². The van der Waals surface area contributed by atoms with Gasteiger partial charge in [0.25, 0.3) is 0 Å². The van der Waals surface area contributed by atoms with Gasteiger partial charge in [0.15, 0.2) is 0 Å². The third-order valence-electron chi connectivity index (χ3n) is 4.49. The molecule has 6 nitrogen and oxygen atoms in total. The first-order valence-corrected chi connectivity index (χ1v) is 9.44. The maximum absolute atomic E-state index is 12.9. The highest BCUT2D eigenvalue weighted by Crippen LogP contribution is 2.28. The van der Waals surface area contributed by atoms with Crippen molar-refractivity contribution < 1.29 is 14.3 Å². The highest BCUT2D eigenvalue weighted by Gasteiger charge is 2.36. The smallest absolute Gasteiger partial charge is 0.410 e. The number of carbonyl (C=O) groups is 1. The largest absolute Gasteiger partial charge is 0.444 e. The molecule has 1 aromatic carbocycles. The van der Waals surface area contributed by atoms with Crippen LogP contribution in [0.2, 0.25) is 5.02 Å². The molecule has 0 unspecified atom stereocenters. The van der Waals surface area contributed by atoms with Crippen LogP contribution in [0.4, 0.5) is 4.79 Å².